The molecule has 0 bridgehead atoms. The summed E-state index contributed by atoms with van der Waals surface area (Å²) in [6.07, 6.45) is 0.965. The van der Waals surface area contributed by atoms with Crippen LogP contribution in [0.1, 0.15) is 47.5 Å². The Balaban J connectivity index is 3.88. The van der Waals surface area contributed by atoms with Gasteiger partial charge in [0.2, 0.25) is 0 Å². The molecule has 3 nitrogen and oxygen atoms in total. The number of ether oxygens (including phenoxy) is 1. The summed E-state index contributed by atoms with van der Waals surface area (Å²) >= 11 is 0. The molecule has 0 saturated carbocycles. The van der Waals surface area contributed by atoms with Crippen molar-refractivity contribution < 1.29 is 14.6 Å². The molecule has 0 saturated heterocycles. The van der Waals surface area contributed by atoms with Gasteiger partial charge in [0, 0.05) is 0 Å². The molecule has 0 aromatic carbocycles. The Kier molecular flexibility index (Phi) is 5.13. The lowest BCUT2D eigenvalue weighted by Crippen LogP contribution is -2.28. The van der Waals surface area contributed by atoms with Gasteiger partial charge in [0.15, 0.2) is 0 Å². The zero-order valence-electron chi connectivity index (χ0n) is 9.83. The fraction of sp³-hybridized carbons (Fsp3) is 0.909. The van der Waals surface area contributed by atoms with Crippen LogP contribution in [-0.2, 0) is 9.53 Å². The molecule has 0 aliphatic rings. The summed E-state index contributed by atoms with van der Waals surface area (Å²) in [6, 6.07) is 0. The molecule has 0 rings (SSSR count). The third kappa shape index (κ3) is 6.89. The number of hydrogen-bond acceptors (Lipinski definition) is 3. The molecule has 2 unspecified atom stereocenters. The zero-order chi connectivity index (χ0) is 11.4. The minimum Gasteiger partial charge on any atom is -0.460 e. The average Bonchev–Trinajstić information content (AvgIpc) is 1.96. The molecule has 2 atom stereocenters. The SMILES string of the molecule is CC(O)CCC(C)C(=O)OC(C)(C)C. The standard InChI is InChI=1S/C11H22O3/c1-8(6-7-9(2)12)10(13)14-11(3,4)5/h8-9,12H,6-7H2,1-5H3. The molecule has 3 heteroatoms. The van der Waals surface area contributed by atoms with E-state index in [1.807, 2.05) is 27.7 Å². The lowest BCUT2D eigenvalue weighted by atomic mass is 10.0. The highest BCUT2D eigenvalue weighted by molar-refractivity contribution is 5.72. The maximum Gasteiger partial charge on any atom is 0.309 e. The lowest BCUT2D eigenvalue weighted by molar-refractivity contribution is -0.159. The van der Waals surface area contributed by atoms with Gasteiger partial charge in [0.05, 0.1) is 12.0 Å². The second kappa shape index (κ2) is 5.35. The Bertz CT molecular complexity index is 179. The largest absolute Gasteiger partial charge is 0.460 e. The molecule has 0 aliphatic carbocycles. The van der Waals surface area contributed by atoms with Crippen molar-refractivity contribution in [3.63, 3.8) is 0 Å². The van der Waals surface area contributed by atoms with Gasteiger partial charge in [0.1, 0.15) is 5.60 Å². The first kappa shape index (κ1) is 13.4. The molecule has 0 aromatic rings. The lowest BCUT2D eigenvalue weighted by Gasteiger charge is -2.22. The predicted octanol–water partition coefficient (Wildman–Crippen LogP) is 2.13. The number of rotatable bonds is 4. The van der Waals surface area contributed by atoms with Gasteiger partial charge in [0.25, 0.3) is 0 Å². The quantitative estimate of drug-likeness (QED) is 0.710. The van der Waals surface area contributed by atoms with Crippen LogP contribution in [0.4, 0.5) is 0 Å². The van der Waals surface area contributed by atoms with E-state index in [-0.39, 0.29) is 18.0 Å². The molecule has 14 heavy (non-hydrogen) atoms. The monoisotopic (exact) mass is 202 g/mol. The molecule has 1 N–H and O–H groups in total. The van der Waals surface area contributed by atoms with Crippen molar-refractivity contribution in [1.29, 1.82) is 0 Å². The number of carbonyl (C=O) groups is 1. The second-order valence-corrected chi connectivity index (χ2v) is 4.86. The number of esters is 1. The van der Waals surface area contributed by atoms with Crippen molar-refractivity contribution in [2.75, 3.05) is 0 Å². The van der Waals surface area contributed by atoms with Crippen molar-refractivity contribution in [3.05, 3.63) is 0 Å². The molecule has 0 heterocycles. The smallest absolute Gasteiger partial charge is 0.309 e. The molecule has 0 radical (unpaired) electrons. The summed E-state index contributed by atoms with van der Waals surface area (Å²) in [6.45, 7) is 9.11. The van der Waals surface area contributed by atoms with E-state index >= 15 is 0 Å². The Morgan fingerprint density at radius 3 is 2.14 bits per heavy atom. The van der Waals surface area contributed by atoms with Gasteiger partial charge in [-0.15, -0.1) is 0 Å². The molecule has 0 aromatic heterocycles. The van der Waals surface area contributed by atoms with Crippen molar-refractivity contribution in [2.45, 2.75) is 59.2 Å². The van der Waals surface area contributed by atoms with Gasteiger partial charge in [-0.05, 0) is 40.5 Å². The summed E-state index contributed by atoms with van der Waals surface area (Å²) in [5.74, 6) is -0.318. The molecule has 84 valence electrons. The number of hydrogen-bond donors (Lipinski definition) is 1. The zero-order valence-corrected chi connectivity index (χ0v) is 9.83. The Morgan fingerprint density at radius 2 is 1.79 bits per heavy atom. The van der Waals surface area contributed by atoms with Crippen LogP contribution in [0.3, 0.4) is 0 Å². The van der Waals surface area contributed by atoms with Crippen LogP contribution in [0.25, 0.3) is 0 Å². The molecule has 0 amide bonds. The first-order valence-electron chi connectivity index (χ1n) is 5.13. The first-order chi connectivity index (χ1) is 6.22. The minimum atomic E-state index is -0.420. The van der Waals surface area contributed by atoms with E-state index in [2.05, 4.69) is 0 Å². The second-order valence-electron chi connectivity index (χ2n) is 4.86. The Morgan fingerprint density at radius 1 is 1.29 bits per heavy atom. The van der Waals surface area contributed by atoms with Gasteiger partial charge in [-0.25, -0.2) is 0 Å². The molecule has 0 aliphatic heterocycles. The van der Waals surface area contributed by atoms with Crippen LogP contribution in [-0.4, -0.2) is 22.8 Å². The third-order valence-corrected chi connectivity index (χ3v) is 1.83. The third-order valence-electron chi connectivity index (χ3n) is 1.83. The van der Waals surface area contributed by atoms with Crippen molar-refractivity contribution >= 4 is 5.97 Å². The van der Waals surface area contributed by atoms with Crippen LogP contribution in [0.15, 0.2) is 0 Å². The summed E-state index contributed by atoms with van der Waals surface area (Å²) in [7, 11) is 0. The molecule has 0 fully saturated rings. The van der Waals surface area contributed by atoms with Crippen LogP contribution >= 0.6 is 0 Å². The molecule has 0 spiro atoms. The highest BCUT2D eigenvalue weighted by Crippen LogP contribution is 2.15. The highest BCUT2D eigenvalue weighted by atomic mass is 16.6. The van der Waals surface area contributed by atoms with E-state index in [1.54, 1.807) is 6.92 Å². The minimum absolute atomic E-state index is 0.135. The first-order valence-corrected chi connectivity index (χ1v) is 5.13. The number of aliphatic hydroxyl groups excluding tert-OH is 1. The molecular formula is C11H22O3. The maximum atomic E-state index is 11.5. The number of aliphatic hydroxyl groups is 1. The van der Waals surface area contributed by atoms with Crippen molar-refractivity contribution in [2.24, 2.45) is 5.92 Å². The fourth-order valence-electron chi connectivity index (χ4n) is 1.01. The fourth-order valence-corrected chi connectivity index (χ4v) is 1.01. The van der Waals surface area contributed by atoms with E-state index < -0.39 is 5.60 Å². The summed E-state index contributed by atoms with van der Waals surface area (Å²) < 4.78 is 5.21. The van der Waals surface area contributed by atoms with Gasteiger partial charge in [-0.2, -0.15) is 0 Å². The van der Waals surface area contributed by atoms with E-state index in [9.17, 15) is 4.79 Å². The number of carbonyl (C=O) groups excluding carboxylic acids is 1. The van der Waals surface area contributed by atoms with E-state index in [1.165, 1.54) is 0 Å². The highest BCUT2D eigenvalue weighted by Gasteiger charge is 2.21. The van der Waals surface area contributed by atoms with Gasteiger partial charge < -0.3 is 9.84 Å². The summed E-state index contributed by atoms with van der Waals surface area (Å²) in [5.41, 5.74) is -0.420. The van der Waals surface area contributed by atoms with Crippen LogP contribution in [0, 0.1) is 5.92 Å². The van der Waals surface area contributed by atoms with E-state index in [0.29, 0.717) is 12.8 Å². The van der Waals surface area contributed by atoms with Crippen LogP contribution in [0.5, 0.6) is 0 Å². The average molecular weight is 202 g/mol. The van der Waals surface area contributed by atoms with Gasteiger partial charge in [-0.1, -0.05) is 6.92 Å². The normalized spacial score (nSPS) is 16.1. The predicted molar refractivity (Wildman–Crippen MR) is 55.9 cm³/mol. The Hall–Kier alpha value is -0.570. The van der Waals surface area contributed by atoms with Gasteiger partial charge >= 0.3 is 5.97 Å². The summed E-state index contributed by atoms with van der Waals surface area (Å²) in [4.78, 5) is 11.5. The maximum absolute atomic E-state index is 11.5. The van der Waals surface area contributed by atoms with Crippen molar-refractivity contribution in [3.8, 4) is 0 Å². The summed E-state index contributed by atoms with van der Waals surface area (Å²) in [5, 5.41) is 9.06. The molecular weight excluding hydrogens is 180 g/mol. The van der Waals surface area contributed by atoms with E-state index in [4.69, 9.17) is 9.84 Å². The van der Waals surface area contributed by atoms with Gasteiger partial charge in [-0.3, -0.25) is 4.79 Å². The van der Waals surface area contributed by atoms with E-state index in [0.717, 1.165) is 0 Å². The van der Waals surface area contributed by atoms with Crippen LogP contribution < -0.4 is 0 Å². The Labute approximate surface area is 86.5 Å². The van der Waals surface area contributed by atoms with Crippen LogP contribution in [0.2, 0.25) is 0 Å². The van der Waals surface area contributed by atoms with Crippen molar-refractivity contribution in [1.82, 2.24) is 0 Å². The topological polar surface area (TPSA) is 46.5 Å².